The fourth-order valence-corrected chi connectivity index (χ4v) is 2.09. The maximum atomic E-state index is 11.7. The second-order valence-corrected chi connectivity index (χ2v) is 5.10. The average molecular weight is 304 g/mol. The van der Waals surface area contributed by atoms with E-state index in [2.05, 4.69) is 20.1 Å². The number of nitrogens with zero attached hydrogens (tertiary/aromatic N) is 3. The molecule has 6 nitrogen and oxygen atoms in total. The molecule has 0 saturated carbocycles. The summed E-state index contributed by atoms with van der Waals surface area (Å²) in [5.41, 5.74) is 5.98. The van der Waals surface area contributed by atoms with Crippen molar-refractivity contribution in [3.63, 3.8) is 0 Å². The van der Waals surface area contributed by atoms with Gasteiger partial charge >= 0.3 is 5.97 Å². The molecule has 0 saturated heterocycles. The molecule has 21 heavy (non-hydrogen) atoms. The van der Waals surface area contributed by atoms with Gasteiger partial charge in [0.2, 0.25) is 5.69 Å². The van der Waals surface area contributed by atoms with Crippen molar-refractivity contribution in [3.8, 4) is 0 Å². The Hall–Kier alpha value is -2.28. The molecule has 0 spiro atoms. The van der Waals surface area contributed by atoms with Crippen LogP contribution in [0.4, 0.5) is 5.00 Å². The van der Waals surface area contributed by atoms with Crippen LogP contribution >= 0.6 is 11.5 Å². The van der Waals surface area contributed by atoms with Gasteiger partial charge in [0.05, 0.1) is 12.3 Å². The lowest BCUT2D eigenvalue weighted by Gasteiger charge is -2.03. The summed E-state index contributed by atoms with van der Waals surface area (Å²) < 4.78 is 8.66. The second-order valence-electron chi connectivity index (χ2n) is 4.35. The van der Waals surface area contributed by atoms with E-state index in [1.165, 1.54) is 5.56 Å². The maximum absolute atomic E-state index is 11.7. The van der Waals surface area contributed by atoms with Crippen LogP contribution in [-0.4, -0.2) is 27.9 Å². The highest BCUT2D eigenvalue weighted by atomic mass is 32.1. The van der Waals surface area contributed by atoms with E-state index >= 15 is 0 Å². The van der Waals surface area contributed by atoms with Gasteiger partial charge in [-0.1, -0.05) is 34.3 Å². The highest BCUT2D eigenvalue weighted by molar-refractivity contribution is 7.10. The number of rotatable bonds is 5. The van der Waals surface area contributed by atoms with Crippen LogP contribution in [0.25, 0.3) is 0 Å². The molecule has 1 aromatic heterocycles. The minimum absolute atomic E-state index is 0.155. The summed E-state index contributed by atoms with van der Waals surface area (Å²) in [6, 6.07) is 8.03. The maximum Gasteiger partial charge on any atom is 0.362 e. The molecule has 0 aliphatic heterocycles. The van der Waals surface area contributed by atoms with Gasteiger partial charge in [-0.05, 0) is 26.3 Å². The van der Waals surface area contributed by atoms with Crippen LogP contribution in [0.1, 0.15) is 35.5 Å². The molecule has 0 bridgehead atoms. The van der Waals surface area contributed by atoms with Crippen LogP contribution in [0.5, 0.6) is 0 Å². The Morgan fingerprint density at radius 3 is 2.76 bits per heavy atom. The number of hydrogen-bond acceptors (Lipinski definition) is 7. The zero-order valence-corrected chi connectivity index (χ0v) is 12.9. The van der Waals surface area contributed by atoms with Crippen LogP contribution in [0.3, 0.4) is 0 Å². The Bertz CT molecular complexity index is 649. The van der Waals surface area contributed by atoms with Crippen LogP contribution in [0.2, 0.25) is 0 Å². The summed E-state index contributed by atoms with van der Waals surface area (Å²) in [4.78, 5) is 11.7. The van der Waals surface area contributed by atoms with Crippen molar-refractivity contribution >= 4 is 28.2 Å². The van der Waals surface area contributed by atoms with Gasteiger partial charge in [-0.25, -0.2) is 4.79 Å². The normalized spacial score (nSPS) is 11.3. The number of esters is 1. The smallest absolute Gasteiger partial charge is 0.362 e. The van der Waals surface area contributed by atoms with Crippen molar-refractivity contribution in [3.05, 3.63) is 41.1 Å². The first kappa shape index (κ1) is 15.1. The van der Waals surface area contributed by atoms with Crippen LogP contribution in [0, 0.1) is 6.92 Å². The van der Waals surface area contributed by atoms with Gasteiger partial charge < -0.3 is 4.74 Å². The Morgan fingerprint density at radius 1 is 1.38 bits per heavy atom. The van der Waals surface area contributed by atoms with Crippen molar-refractivity contribution < 1.29 is 9.53 Å². The summed E-state index contributed by atoms with van der Waals surface area (Å²) in [6.07, 6.45) is 0. The van der Waals surface area contributed by atoms with E-state index in [1.54, 1.807) is 6.92 Å². The average Bonchev–Trinajstić information content (AvgIpc) is 2.94. The minimum Gasteiger partial charge on any atom is -0.461 e. The van der Waals surface area contributed by atoms with Crippen molar-refractivity contribution in [1.82, 2.24) is 9.59 Å². The second kappa shape index (κ2) is 6.94. The first-order valence-corrected chi connectivity index (χ1v) is 7.26. The number of aromatic nitrogens is 2. The lowest BCUT2D eigenvalue weighted by atomic mass is 10.1. The molecule has 1 N–H and O–H groups in total. The Labute approximate surface area is 127 Å². The standard InChI is InChI=1S/C14H16N4O2S/c1-4-20-14(19)12-13(21-18-16-12)17-15-10(3)11-7-5-9(2)6-8-11/h5-8,17H,4H2,1-3H3/b15-10+. The molecular formula is C14H16N4O2S. The number of ether oxygens (including phenoxy) is 1. The number of hydrogen-bond donors (Lipinski definition) is 1. The molecule has 0 unspecified atom stereocenters. The van der Waals surface area contributed by atoms with E-state index in [9.17, 15) is 4.79 Å². The van der Waals surface area contributed by atoms with E-state index < -0.39 is 5.97 Å². The van der Waals surface area contributed by atoms with Crippen LogP contribution < -0.4 is 5.43 Å². The van der Waals surface area contributed by atoms with Gasteiger partial charge in [-0.2, -0.15) is 5.10 Å². The molecule has 0 amide bonds. The van der Waals surface area contributed by atoms with E-state index in [1.807, 2.05) is 38.1 Å². The molecular weight excluding hydrogens is 288 g/mol. The molecule has 0 aliphatic rings. The Kier molecular flexibility index (Phi) is 4.99. The molecule has 0 atom stereocenters. The van der Waals surface area contributed by atoms with Crippen molar-refractivity contribution in [2.24, 2.45) is 5.10 Å². The first-order valence-electron chi connectivity index (χ1n) is 6.48. The van der Waals surface area contributed by atoms with E-state index in [4.69, 9.17) is 4.74 Å². The third-order valence-electron chi connectivity index (χ3n) is 2.75. The van der Waals surface area contributed by atoms with Crippen LogP contribution in [-0.2, 0) is 4.74 Å². The minimum atomic E-state index is -0.503. The third-order valence-corrected chi connectivity index (χ3v) is 3.38. The van der Waals surface area contributed by atoms with Gasteiger partial charge in [-0.15, -0.1) is 5.10 Å². The van der Waals surface area contributed by atoms with Gasteiger partial charge in [0, 0.05) is 11.5 Å². The topological polar surface area (TPSA) is 76.5 Å². The molecule has 2 rings (SSSR count). The van der Waals surface area contributed by atoms with Gasteiger partial charge in [0.1, 0.15) is 0 Å². The molecule has 7 heteroatoms. The van der Waals surface area contributed by atoms with Crippen molar-refractivity contribution in [2.45, 2.75) is 20.8 Å². The van der Waals surface area contributed by atoms with E-state index in [0.717, 1.165) is 22.8 Å². The monoisotopic (exact) mass is 304 g/mol. The SMILES string of the molecule is CCOC(=O)c1nnsc1N/N=C(\C)c1ccc(C)cc1. The Balaban J connectivity index is 2.12. The zero-order valence-electron chi connectivity index (χ0n) is 12.1. The quantitative estimate of drug-likeness (QED) is 0.522. The summed E-state index contributed by atoms with van der Waals surface area (Å²) >= 11 is 1.06. The zero-order chi connectivity index (χ0) is 15.2. The molecule has 0 aliphatic carbocycles. The predicted octanol–water partition coefficient (Wildman–Crippen LogP) is 2.86. The van der Waals surface area contributed by atoms with Crippen molar-refractivity contribution in [1.29, 1.82) is 0 Å². The Morgan fingerprint density at radius 2 is 2.10 bits per heavy atom. The number of benzene rings is 1. The number of carbonyl (C=O) groups is 1. The lowest BCUT2D eigenvalue weighted by molar-refractivity contribution is 0.0520. The number of carbonyl (C=O) groups excluding carboxylic acids is 1. The highest BCUT2D eigenvalue weighted by Gasteiger charge is 2.17. The van der Waals surface area contributed by atoms with Crippen LogP contribution in [0.15, 0.2) is 29.4 Å². The third kappa shape index (κ3) is 3.85. The molecule has 0 fully saturated rings. The fraction of sp³-hybridized carbons (Fsp3) is 0.286. The molecule has 2 aromatic rings. The summed E-state index contributed by atoms with van der Waals surface area (Å²) in [5, 5.41) is 8.49. The van der Waals surface area contributed by atoms with Gasteiger partial charge in [0.15, 0.2) is 5.00 Å². The molecule has 1 heterocycles. The van der Waals surface area contributed by atoms with E-state index in [-0.39, 0.29) is 5.69 Å². The highest BCUT2D eigenvalue weighted by Crippen LogP contribution is 2.18. The number of anilines is 1. The molecule has 110 valence electrons. The number of aryl methyl sites for hydroxylation is 1. The molecule has 1 aromatic carbocycles. The summed E-state index contributed by atoms with van der Waals surface area (Å²) in [6.45, 7) is 5.95. The predicted molar refractivity (Wildman–Crippen MR) is 82.9 cm³/mol. The van der Waals surface area contributed by atoms with Gasteiger partial charge in [0.25, 0.3) is 0 Å². The summed E-state index contributed by atoms with van der Waals surface area (Å²) in [7, 11) is 0. The number of hydrazone groups is 1. The van der Waals surface area contributed by atoms with Gasteiger partial charge in [-0.3, -0.25) is 5.43 Å². The largest absolute Gasteiger partial charge is 0.461 e. The fourth-order valence-electron chi connectivity index (χ4n) is 1.59. The molecule has 0 radical (unpaired) electrons. The first-order chi connectivity index (χ1) is 10.1. The van der Waals surface area contributed by atoms with Crippen molar-refractivity contribution in [2.75, 3.05) is 12.0 Å². The summed E-state index contributed by atoms with van der Waals surface area (Å²) in [5.74, 6) is -0.503. The van der Waals surface area contributed by atoms with E-state index in [0.29, 0.717) is 11.6 Å². The lowest BCUT2D eigenvalue weighted by Crippen LogP contribution is -2.08. The number of nitrogens with one attached hydrogen (secondary N) is 1.